The van der Waals surface area contributed by atoms with Gasteiger partial charge in [0.15, 0.2) is 5.96 Å². The summed E-state index contributed by atoms with van der Waals surface area (Å²) in [6.07, 6.45) is 2.06. The Morgan fingerprint density at radius 3 is 2.56 bits per heavy atom. The van der Waals surface area contributed by atoms with Gasteiger partial charge in [0.05, 0.1) is 0 Å². The van der Waals surface area contributed by atoms with E-state index in [0.717, 1.165) is 25.9 Å². The van der Waals surface area contributed by atoms with E-state index in [-0.39, 0.29) is 24.0 Å². The predicted octanol–water partition coefficient (Wildman–Crippen LogP) is 2.80. The Morgan fingerprint density at radius 2 is 1.94 bits per heavy atom. The summed E-state index contributed by atoms with van der Waals surface area (Å²) >= 11 is 0. The summed E-state index contributed by atoms with van der Waals surface area (Å²) in [4.78, 5) is 4.28. The van der Waals surface area contributed by atoms with Crippen molar-refractivity contribution in [3.05, 3.63) is 35.9 Å². The van der Waals surface area contributed by atoms with Crippen LogP contribution >= 0.6 is 24.0 Å². The van der Waals surface area contributed by atoms with Crippen LogP contribution in [0.25, 0.3) is 0 Å². The summed E-state index contributed by atoms with van der Waals surface area (Å²) < 4.78 is 0. The minimum absolute atomic E-state index is 0. The summed E-state index contributed by atoms with van der Waals surface area (Å²) in [5, 5.41) is 3.13. The summed E-state index contributed by atoms with van der Waals surface area (Å²) in [5.41, 5.74) is 7.08. The van der Waals surface area contributed by atoms with Crippen LogP contribution < -0.4 is 11.1 Å². The van der Waals surface area contributed by atoms with Crippen LogP contribution in [0.2, 0.25) is 0 Å². The highest BCUT2D eigenvalue weighted by Gasteiger charge is 1.95. The van der Waals surface area contributed by atoms with Gasteiger partial charge in [-0.3, -0.25) is 4.99 Å². The highest BCUT2D eigenvalue weighted by molar-refractivity contribution is 14.0. The van der Waals surface area contributed by atoms with Crippen molar-refractivity contribution in [2.75, 3.05) is 13.1 Å². The molecule has 18 heavy (non-hydrogen) atoms. The molecule has 0 unspecified atom stereocenters. The van der Waals surface area contributed by atoms with E-state index < -0.39 is 0 Å². The smallest absolute Gasteiger partial charge is 0.188 e. The van der Waals surface area contributed by atoms with Crippen LogP contribution in [0.15, 0.2) is 35.3 Å². The fourth-order valence-electron chi connectivity index (χ4n) is 1.48. The molecule has 0 heterocycles. The zero-order valence-corrected chi connectivity index (χ0v) is 13.6. The standard InChI is InChI=1S/C14H23N3.HI/c1-12(2)8-10-16-14(15)17-11-9-13-6-4-3-5-7-13;/h3-7,12H,8-11H2,1-2H3,(H3,15,16,17);1H. The Balaban J connectivity index is 0.00000289. The molecule has 1 rings (SSSR count). The van der Waals surface area contributed by atoms with Crippen molar-refractivity contribution in [3.63, 3.8) is 0 Å². The molecule has 0 spiro atoms. The Hall–Kier alpha value is -0.780. The Bertz CT molecular complexity index is 336. The second kappa shape index (κ2) is 10.2. The van der Waals surface area contributed by atoms with Crippen LogP contribution in [0.5, 0.6) is 0 Å². The van der Waals surface area contributed by atoms with E-state index in [4.69, 9.17) is 5.73 Å². The van der Waals surface area contributed by atoms with Crippen molar-refractivity contribution in [1.29, 1.82) is 0 Å². The molecule has 0 aliphatic rings. The molecule has 0 saturated heterocycles. The molecule has 0 aliphatic carbocycles. The maximum absolute atomic E-state index is 5.76. The van der Waals surface area contributed by atoms with Crippen LogP contribution in [0, 0.1) is 5.92 Å². The van der Waals surface area contributed by atoms with E-state index in [1.165, 1.54) is 5.56 Å². The third kappa shape index (κ3) is 8.33. The third-order valence-electron chi connectivity index (χ3n) is 2.55. The fraction of sp³-hybridized carbons (Fsp3) is 0.500. The molecule has 3 N–H and O–H groups in total. The van der Waals surface area contributed by atoms with Gasteiger partial charge < -0.3 is 11.1 Å². The zero-order valence-electron chi connectivity index (χ0n) is 11.2. The topological polar surface area (TPSA) is 50.4 Å². The Kier molecular flexibility index (Phi) is 9.73. The van der Waals surface area contributed by atoms with Crippen LogP contribution in [0.4, 0.5) is 0 Å². The van der Waals surface area contributed by atoms with Crippen molar-refractivity contribution in [2.24, 2.45) is 16.6 Å². The van der Waals surface area contributed by atoms with Gasteiger partial charge >= 0.3 is 0 Å². The first kappa shape index (κ1) is 17.2. The van der Waals surface area contributed by atoms with Gasteiger partial charge in [-0.05, 0) is 24.3 Å². The molecular formula is C14H24IN3. The number of nitrogens with one attached hydrogen (secondary N) is 1. The molecule has 0 fully saturated rings. The van der Waals surface area contributed by atoms with E-state index in [2.05, 4.69) is 48.4 Å². The van der Waals surface area contributed by atoms with Gasteiger partial charge in [0.25, 0.3) is 0 Å². The second-order valence-electron chi connectivity index (χ2n) is 4.61. The van der Waals surface area contributed by atoms with Gasteiger partial charge in [0.2, 0.25) is 0 Å². The molecule has 3 nitrogen and oxygen atoms in total. The number of benzene rings is 1. The molecule has 4 heteroatoms. The molecule has 0 bridgehead atoms. The molecule has 0 aromatic heterocycles. The van der Waals surface area contributed by atoms with Crippen LogP contribution in [-0.4, -0.2) is 19.0 Å². The number of nitrogens with two attached hydrogens (primary N) is 1. The van der Waals surface area contributed by atoms with Crippen molar-refractivity contribution in [2.45, 2.75) is 26.7 Å². The number of aliphatic imine (C=N–C) groups is 1. The number of hydrogen-bond donors (Lipinski definition) is 2. The summed E-state index contributed by atoms with van der Waals surface area (Å²) in [5.74, 6) is 1.23. The maximum Gasteiger partial charge on any atom is 0.188 e. The lowest BCUT2D eigenvalue weighted by Gasteiger charge is -2.06. The third-order valence-corrected chi connectivity index (χ3v) is 2.55. The number of hydrogen-bond acceptors (Lipinski definition) is 1. The monoisotopic (exact) mass is 361 g/mol. The highest BCUT2D eigenvalue weighted by atomic mass is 127. The minimum atomic E-state index is 0. The van der Waals surface area contributed by atoms with E-state index >= 15 is 0 Å². The number of nitrogens with zero attached hydrogens (tertiary/aromatic N) is 1. The summed E-state index contributed by atoms with van der Waals surface area (Å²) in [6, 6.07) is 10.4. The number of rotatable bonds is 6. The summed E-state index contributed by atoms with van der Waals surface area (Å²) in [7, 11) is 0. The average Bonchev–Trinajstić information content (AvgIpc) is 2.30. The number of guanidine groups is 1. The largest absolute Gasteiger partial charge is 0.370 e. The molecule has 0 atom stereocenters. The van der Waals surface area contributed by atoms with Crippen molar-refractivity contribution in [1.82, 2.24) is 5.32 Å². The van der Waals surface area contributed by atoms with Gasteiger partial charge in [-0.15, -0.1) is 24.0 Å². The SMILES string of the molecule is CC(C)CCN=C(N)NCCc1ccccc1.I. The van der Waals surface area contributed by atoms with Crippen molar-refractivity contribution < 1.29 is 0 Å². The normalized spacial score (nSPS) is 11.2. The average molecular weight is 361 g/mol. The highest BCUT2D eigenvalue weighted by Crippen LogP contribution is 1.99. The Labute approximate surface area is 127 Å². The Morgan fingerprint density at radius 1 is 1.28 bits per heavy atom. The molecule has 0 aliphatic heterocycles. The lowest BCUT2D eigenvalue weighted by Crippen LogP contribution is -2.33. The zero-order chi connectivity index (χ0) is 12.5. The van der Waals surface area contributed by atoms with E-state index in [1.54, 1.807) is 0 Å². The van der Waals surface area contributed by atoms with Crippen molar-refractivity contribution in [3.8, 4) is 0 Å². The molecule has 1 aromatic carbocycles. The van der Waals surface area contributed by atoms with Crippen LogP contribution in [0.3, 0.4) is 0 Å². The van der Waals surface area contributed by atoms with Crippen LogP contribution in [0.1, 0.15) is 25.8 Å². The van der Waals surface area contributed by atoms with Gasteiger partial charge in [-0.1, -0.05) is 44.2 Å². The second-order valence-corrected chi connectivity index (χ2v) is 4.61. The predicted molar refractivity (Wildman–Crippen MR) is 89.5 cm³/mol. The van der Waals surface area contributed by atoms with Gasteiger partial charge in [-0.25, -0.2) is 0 Å². The van der Waals surface area contributed by atoms with E-state index in [0.29, 0.717) is 11.9 Å². The lowest BCUT2D eigenvalue weighted by molar-refractivity contribution is 0.595. The van der Waals surface area contributed by atoms with E-state index in [1.807, 2.05) is 6.07 Å². The minimum Gasteiger partial charge on any atom is -0.370 e. The van der Waals surface area contributed by atoms with Gasteiger partial charge in [0.1, 0.15) is 0 Å². The molecule has 0 radical (unpaired) electrons. The fourth-order valence-corrected chi connectivity index (χ4v) is 1.48. The maximum atomic E-state index is 5.76. The first-order valence-corrected chi connectivity index (χ1v) is 6.26. The van der Waals surface area contributed by atoms with E-state index in [9.17, 15) is 0 Å². The van der Waals surface area contributed by atoms with Crippen molar-refractivity contribution >= 4 is 29.9 Å². The first-order chi connectivity index (χ1) is 8.18. The molecule has 102 valence electrons. The van der Waals surface area contributed by atoms with Gasteiger partial charge in [0, 0.05) is 13.1 Å². The van der Waals surface area contributed by atoms with Gasteiger partial charge in [-0.2, -0.15) is 0 Å². The molecule has 0 amide bonds. The quantitative estimate of drug-likeness (QED) is 0.465. The summed E-state index contributed by atoms with van der Waals surface area (Å²) in [6.45, 7) is 6.02. The first-order valence-electron chi connectivity index (χ1n) is 6.26. The number of halogens is 1. The molecule has 0 saturated carbocycles. The molecule has 1 aromatic rings. The van der Waals surface area contributed by atoms with Crippen LogP contribution in [-0.2, 0) is 6.42 Å². The lowest BCUT2D eigenvalue weighted by atomic mass is 10.1. The molecular weight excluding hydrogens is 337 g/mol.